The van der Waals surface area contributed by atoms with Crippen molar-refractivity contribution >= 4 is 23.2 Å². The SMILES string of the molecule is CC(Cl)C(Cl)OCCO. The standard InChI is InChI=1S/C5H10Cl2O2/c1-4(6)5(7)9-3-2-8/h4-5,8H,2-3H2,1H3. The van der Waals surface area contributed by atoms with E-state index >= 15 is 0 Å². The van der Waals surface area contributed by atoms with Crippen LogP contribution in [0.1, 0.15) is 6.92 Å². The molecule has 2 atom stereocenters. The van der Waals surface area contributed by atoms with Gasteiger partial charge in [-0.25, -0.2) is 0 Å². The molecule has 1 N–H and O–H groups in total. The zero-order chi connectivity index (χ0) is 7.28. The van der Waals surface area contributed by atoms with E-state index in [1.165, 1.54) is 0 Å². The lowest BCUT2D eigenvalue weighted by Gasteiger charge is -2.10. The second-order valence-corrected chi connectivity index (χ2v) is 2.74. The van der Waals surface area contributed by atoms with Crippen LogP contribution in [-0.2, 0) is 4.74 Å². The lowest BCUT2D eigenvalue weighted by Crippen LogP contribution is -2.17. The van der Waals surface area contributed by atoms with Gasteiger partial charge in [0.05, 0.1) is 18.6 Å². The summed E-state index contributed by atoms with van der Waals surface area (Å²) in [5.41, 5.74) is -0.501. The van der Waals surface area contributed by atoms with Crippen LogP contribution in [0.3, 0.4) is 0 Å². The number of hydrogen-bond acceptors (Lipinski definition) is 2. The summed E-state index contributed by atoms with van der Waals surface area (Å²) in [6.45, 7) is 1.95. The van der Waals surface area contributed by atoms with E-state index in [0.717, 1.165) is 0 Å². The maximum Gasteiger partial charge on any atom is 0.147 e. The van der Waals surface area contributed by atoms with E-state index < -0.39 is 5.56 Å². The van der Waals surface area contributed by atoms with Gasteiger partial charge in [-0.1, -0.05) is 11.6 Å². The number of halogens is 2. The molecule has 4 heteroatoms. The fourth-order valence-corrected chi connectivity index (χ4v) is 0.460. The summed E-state index contributed by atoms with van der Waals surface area (Å²) in [6.07, 6.45) is 0. The van der Waals surface area contributed by atoms with Gasteiger partial charge in [0.25, 0.3) is 0 Å². The molecule has 0 aromatic rings. The van der Waals surface area contributed by atoms with E-state index in [-0.39, 0.29) is 18.6 Å². The fraction of sp³-hybridized carbons (Fsp3) is 1.00. The normalized spacial score (nSPS) is 17.3. The summed E-state index contributed by atoms with van der Waals surface area (Å²) in [7, 11) is 0. The molecular weight excluding hydrogens is 163 g/mol. The molecule has 0 amide bonds. The molecule has 56 valence electrons. The molecule has 0 saturated carbocycles. The molecule has 0 fully saturated rings. The summed E-state index contributed by atoms with van der Waals surface area (Å²) >= 11 is 11.1. The van der Waals surface area contributed by atoms with Crippen LogP contribution < -0.4 is 0 Å². The van der Waals surface area contributed by atoms with Crippen molar-refractivity contribution in [1.29, 1.82) is 0 Å². The molecule has 0 heterocycles. The summed E-state index contributed by atoms with van der Waals surface area (Å²) in [4.78, 5) is 0. The van der Waals surface area contributed by atoms with Crippen LogP contribution in [0.25, 0.3) is 0 Å². The Morgan fingerprint density at radius 3 is 2.44 bits per heavy atom. The fourth-order valence-electron chi connectivity index (χ4n) is 0.298. The van der Waals surface area contributed by atoms with Crippen molar-refractivity contribution in [2.45, 2.75) is 17.9 Å². The third-order valence-corrected chi connectivity index (χ3v) is 1.59. The highest BCUT2D eigenvalue weighted by molar-refractivity contribution is 6.29. The van der Waals surface area contributed by atoms with Gasteiger partial charge in [-0.2, -0.15) is 0 Å². The zero-order valence-electron chi connectivity index (χ0n) is 5.18. The van der Waals surface area contributed by atoms with Gasteiger partial charge in [0, 0.05) is 0 Å². The molecule has 0 spiro atoms. The Hall–Kier alpha value is 0.500. The molecule has 0 aromatic carbocycles. The Labute approximate surface area is 64.7 Å². The number of ether oxygens (including phenoxy) is 1. The first-order chi connectivity index (χ1) is 4.18. The predicted octanol–water partition coefficient (Wildman–Crippen LogP) is 1.19. The molecule has 0 radical (unpaired) electrons. The van der Waals surface area contributed by atoms with Crippen LogP contribution in [-0.4, -0.2) is 29.3 Å². The summed E-state index contributed by atoms with van der Waals surface area (Å²) < 4.78 is 4.84. The first-order valence-corrected chi connectivity index (χ1v) is 3.56. The largest absolute Gasteiger partial charge is 0.394 e. The van der Waals surface area contributed by atoms with Crippen molar-refractivity contribution in [2.24, 2.45) is 0 Å². The molecule has 0 aliphatic rings. The Bertz CT molecular complexity index is 68.0. The maximum atomic E-state index is 8.27. The van der Waals surface area contributed by atoms with Crippen LogP contribution in [0.2, 0.25) is 0 Å². The number of aliphatic hydroxyl groups is 1. The minimum absolute atomic E-state index is 0.0210. The quantitative estimate of drug-likeness (QED) is 0.647. The van der Waals surface area contributed by atoms with E-state index in [9.17, 15) is 0 Å². The molecule has 9 heavy (non-hydrogen) atoms. The number of hydrogen-bond donors (Lipinski definition) is 1. The number of rotatable bonds is 4. The Balaban J connectivity index is 3.16. The first kappa shape index (κ1) is 9.50. The summed E-state index contributed by atoms with van der Waals surface area (Å²) in [5, 5.41) is 8.05. The van der Waals surface area contributed by atoms with Crippen molar-refractivity contribution in [3.8, 4) is 0 Å². The third-order valence-electron chi connectivity index (χ3n) is 0.729. The van der Waals surface area contributed by atoms with Crippen LogP contribution in [0.4, 0.5) is 0 Å². The van der Waals surface area contributed by atoms with Gasteiger partial charge < -0.3 is 9.84 Å². The molecule has 0 aromatic heterocycles. The Kier molecular flexibility index (Phi) is 5.59. The van der Waals surface area contributed by atoms with Crippen LogP contribution in [0.5, 0.6) is 0 Å². The van der Waals surface area contributed by atoms with Gasteiger partial charge in [-0.15, -0.1) is 11.6 Å². The van der Waals surface area contributed by atoms with E-state index in [1.807, 2.05) is 0 Å². The van der Waals surface area contributed by atoms with Gasteiger partial charge in [0.1, 0.15) is 5.56 Å². The van der Waals surface area contributed by atoms with E-state index in [0.29, 0.717) is 0 Å². The second kappa shape index (κ2) is 5.30. The molecule has 2 unspecified atom stereocenters. The van der Waals surface area contributed by atoms with Gasteiger partial charge >= 0.3 is 0 Å². The Morgan fingerprint density at radius 2 is 2.11 bits per heavy atom. The number of aliphatic hydroxyl groups excluding tert-OH is 1. The molecule has 2 nitrogen and oxygen atoms in total. The molecule has 0 aliphatic carbocycles. The molecule has 0 saturated heterocycles. The van der Waals surface area contributed by atoms with Crippen molar-refractivity contribution in [2.75, 3.05) is 13.2 Å². The summed E-state index contributed by atoms with van der Waals surface area (Å²) in [6, 6.07) is 0. The van der Waals surface area contributed by atoms with Gasteiger partial charge in [0.2, 0.25) is 0 Å². The average molecular weight is 173 g/mol. The minimum Gasteiger partial charge on any atom is -0.394 e. The van der Waals surface area contributed by atoms with Crippen molar-refractivity contribution in [3.05, 3.63) is 0 Å². The maximum absolute atomic E-state index is 8.27. The highest BCUT2D eigenvalue weighted by atomic mass is 35.5. The third kappa shape index (κ3) is 4.97. The lowest BCUT2D eigenvalue weighted by molar-refractivity contribution is 0.0720. The molecular formula is C5H10Cl2O2. The van der Waals surface area contributed by atoms with Crippen LogP contribution in [0, 0.1) is 0 Å². The Morgan fingerprint density at radius 1 is 1.56 bits per heavy atom. The van der Waals surface area contributed by atoms with Crippen LogP contribution >= 0.6 is 23.2 Å². The lowest BCUT2D eigenvalue weighted by atomic mass is 10.5. The minimum atomic E-state index is -0.501. The second-order valence-electron chi connectivity index (χ2n) is 1.62. The molecule has 0 aliphatic heterocycles. The molecule has 0 bridgehead atoms. The summed E-state index contributed by atoms with van der Waals surface area (Å²) in [5.74, 6) is 0. The van der Waals surface area contributed by atoms with Crippen molar-refractivity contribution < 1.29 is 9.84 Å². The highest BCUT2D eigenvalue weighted by Gasteiger charge is 2.09. The number of alkyl halides is 2. The topological polar surface area (TPSA) is 29.5 Å². The smallest absolute Gasteiger partial charge is 0.147 e. The van der Waals surface area contributed by atoms with Gasteiger partial charge in [-0.05, 0) is 6.92 Å². The van der Waals surface area contributed by atoms with E-state index in [4.69, 9.17) is 33.0 Å². The average Bonchev–Trinajstić information content (AvgIpc) is 1.82. The monoisotopic (exact) mass is 172 g/mol. The molecule has 0 rings (SSSR count). The van der Waals surface area contributed by atoms with E-state index in [2.05, 4.69) is 0 Å². The predicted molar refractivity (Wildman–Crippen MR) is 38.0 cm³/mol. The van der Waals surface area contributed by atoms with Gasteiger partial charge in [0.15, 0.2) is 0 Å². The van der Waals surface area contributed by atoms with Crippen molar-refractivity contribution in [3.63, 3.8) is 0 Å². The van der Waals surface area contributed by atoms with Crippen LogP contribution in [0.15, 0.2) is 0 Å². The highest BCUT2D eigenvalue weighted by Crippen LogP contribution is 2.09. The van der Waals surface area contributed by atoms with Gasteiger partial charge in [-0.3, -0.25) is 0 Å². The van der Waals surface area contributed by atoms with E-state index in [1.54, 1.807) is 6.92 Å². The van der Waals surface area contributed by atoms with Crippen molar-refractivity contribution in [1.82, 2.24) is 0 Å². The zero-order valence-corrected chi connectivity index (χ0v) is 6.69. The first-order valence-electron chi connectivity index (χ1n) is 2.69.